The lowest BCUT2D eigenvalue weighted by Gasteiger charge is -2.37. The maximum absolute atomic E-state index is 13.0. The fourth-order valence-electron chi connectivity index (χ4n) is 4.95. The smallest absolute Gasteiger partial charge is 0.123 e. The van der Waals surface area contributed by atoms with E-state index in [1.807, 2.05) is 12.1 Å². The van der Waals surface area contributed by atoms with Gasteiger partial charge in [0.15, 0.2) is 0 Å². The van der Waals surface area contributed by atoms with E-state index in [4.69, 9.17) is 4.74 Å². The Hall–Kier alpha value is -0.720. The molecule has 2 N–H and O–H groups in total. The minimum Gasteiger partial charge on any atom is -0.379 e. The molecular formula is C21H33ClFN3O. The lowest BCUT2D eigenvalue weighted by molar-refractivity contribution is 0.0505. The Morgan fingerprint density at radius 3 is 2.59 bits per heavy atom. The molecule has 3 unspecified atom stereocenters. The third kappa shape index (κ3) is 5.64. The second kappa shape index (κ2) is 10.2. The Morgan fingerprint density at radius 2 is 1.89 bits per heavy atom. The number of likely N-dealkylation sites (tertiary alicyclic amines) is 1. The van der Waals surface area contributed by atoms with E-state index in [9.17, 15) is 4.39 Å². The van der Waals surface area contributed by atoms with Gasteiger partial charge in [-0.15, -0.1) is 12.4 Å². The van der Waals surface area contributed by atoms with Gasteiger partial charge in [-0.05, 0) is 62.4 Å². The molecular weight excluding hydrogens is 365 g/mol. The van der Waals surface area contributed by atoms with E-state index in [1.165, 1.54) is 37.7 Å². The van der Waals surface area contributed by atoms with Crippen LogP contribution in [-0.4, -0.2) is 55.9 Å². The number of rotatable bonds is 5. The Bertz CT molecular complexity index is 559. The van der Waals surface area contributed by atoms with E-state index in [0.29, 0.717) is 24.0 Å². The molecule has 0 spiro atoms. The second-order valence-electron chi connectivity index (χ2n) is 8.18. The molecule has 2 heterocycles. The van der Waals surface area contributed by atoms with Gasteiger partial charge in [0, 0.05) is 31.2 Å². The van der Waals surface area contributed by atoms with Crippen molar-refractivity contribution in [2.45, 2.75) is 56.8 Å². The highest BCUT2D eigenvalue weighted by Crippen LogP contribution is 2.30. The molecule has 4 nitrogen and oxygen atoms in total. The molecule has 0 amide bonds. The SMILES string of the molecule is Cl.Fc1ccc(CN2CCC(NC3CCCC3C3COCCN3)CC2)cc1. The highest BCUT2D eigenvalue weighted by molar-refractivity contribution is 5.85. The van der Waals surface area contributed by atoms with E-state index in [-0.39, 0.29) is 18.2 Å². The first kappa shape index (κ1) is 21.0. The molecule has 3 atom stereocenters. The topological polar surface area (TPSA) is 36.5 Å². The second-order valence-corrected chi connectivity index (χ2v) is 8.18. The average molecular weight is 398 g/mol. The Morgan fingerprint density at radius 1 is 1.11 bits per heavy atom. The van der Waals surface area contributed by atoms with Crippen LogP contribution in [0.25, 0.3) is 0 Å². The Labute approximate surface area is 168 Å². The number of halogens is 2. The summed E-state index contributed by atoms with van der Waals surface area (Å²) >= 11 is 0. The number of nitrogens with zero attached hydrogens (tertiary/aromatic N) is 1. The minimum atomic E-state index is -0.152. The van der Waals surface area contributed by atoms with Crippen LogP contribution in [0.2, 0.25) is 0 Å². The van der Waals surface area contributed by atoms with Crippen LogP contribution in [0, 0.1) is 11.7 Å². The lowest BCUT2D eigenvalue weighted by Crippen LogP contribution is -2.53. The van der Waals surface area contributed by atoms with Gasteiger partial charge in [0.1, 0.15) is 5.82 Å². The van der Waals surface area contributed by atoms with Gasteiger partial charge in [-0.25, -0.2) is 4.39 Å². The molecule has 6 heteroatoms. The van der Waals surface area contributed by atoms with Crippen LogP contribution in [-0.2, 0) is 11.3 Å². The van der Waals surface area contributed by atoms with Crippen molar-refractivity contribution >= 4 is 12.4 Å². The lowest BCUT2D eigenvalue weighted by atomic mass is 9.92. The Balaban J connectivity index is 0.00000210. The molecule has 0 radical (unpaired) electrons. The molecule has 1 aliphatic carbocycles. The summed E-state index contributed by atoms with van der Waals surface area (Å²) in [6, 6.07) is 8.74. The molecule has 3 aliphatic rings. The molecule has 152 valence electrons. The summed E-state index contributed by atoms with van der Waals surface area (Å²) in [5, 5.41) is 7.65. The van der Waals surface area contributed by atoms with Crippen LogP contribution in [0.5, 0.6) is 0 Å². The van der Waals surface area contributed by atoms with E-state index in [0.717, 1.165) is 39.4 Å². The number of hydrogen-bond acceptors (Lipinski definition) is 4. The zero-order valence-electron chi connectivity index (χ0n) is 16.0. The molecule has 27 heavy (non-hydrogen) atoms. The average Bonchev–Trinajstić information content (AvgIpc) is 3.14. The first-order chi connectivity index (χ1) is 12.8. The first-order valence-corrected chi connectivity index (χ1v) is 10.3. The number of nitrogens with one attached hydrogen (secondary N) is 2. The maximum atomic E-state index is 13.0. The number of hydrogen-bond donors (Lipinski definition) is 2. The van der Waals surface area contributed by atoms with E-state index in [1.54, 1.807) is 12.1 Å². The van der Waals surface area contributed by atoms with Gasteiger partial charge < -0.3 is 15.4 Å². The van der Waals surface area contributed by atoms with Crippen molar-refractivity contribution in [2.24, 2.45) is 5.92 Å². The van der Waals surface area contributed by atoms with Crippen molar-refractivity contribution in [3.63, 3.8) is 0 Å². The van der Waals surface area contributed by atoms with Crippen LogP contribution in [0.1, 0.15) is 37.7 Å². The van der Waals surface area contributed by atoms with E-state index >= 15 is 0 Å². The summed E-state index contributed by atoms with van der Waals surface area (Å²) in [7, 11) is 0. The molecule has 0 aromatic heterocycles. The maximum Gasteiger partial charge on any atom is 0.123 e. The van der Waals surface area contributed by atoms with Gasteiger partial charge in [-0.2, -0.15) is 0 Å². The van der Waals surface area contributed by atoms with Crippen LogP contribution in [0.4, 0.5) is 4.39 Å². The quantitative estimate of drug-likeness (QED) is 0.800. The van der Waals surface area contributed by atoms with E-state index in [2.05, 4.69) is 15.5 Å². The highest BCUT2D eigenvalue weighted by Gasteiger charge is 2.36. The monoisotopic (exact) mass is 397 g/mol. The third-order valence-electron chi connectivity index (χ3n) is 6.39. The van der Waals surface area contributed by atoms with Crippen molar-refractivity contribution in [1.29, 1.82) is 0 Å². The van der Waals surface area contributed by atoms with Crippen LogP contribution in [0.3, 0.4) is 0 Å². The zero-order valence-corrected chi connectivity index (χ0v) is 16.9. The molecule has 3 fully saturated rings. The molecule has 2 aliphatic heterocycles. The molecule has 4 rings (SSSR count). The fraction of sp³-hybridized carbons (Fsp3) is 0.714. The van der Waals surface area contributed by atoms with Crippen molar-refractivity contribution in [3.8, 4) is 0 Å². The summed E-state index contributed by atoms with van der Waals surface area (Å²) < 4.78 is 18.7. The molecule has 1 saturated carbocycles. The molecule has 1 aromatic carbocycles. The Kier molecular flexibility index (Phi) is 7.91. The number of benzene rings is 1. The van der Waals surface area contributed by atoms with Crippen LogP contribution in [0.15, 0.2) is 24.3 Å². The summed E-state index contributed by atoms with van der Waals surface area (Å²) in [6.07, 6.45) is 6.38. The number of ether oxygens (including phenoxy) is 1. The van der Waals surface area contributed by atoms with E-state index < -0.39 is 0 Å². The van der Waals surface area contributed by atoms with Gasteiger partial charge >= 0.3 is 0 Å². The van der Waals surface area contributed by atoms with Crippen molar-refractivity contribution < 1.29 is 9.13 Å². The standard InChI is InChI=1S/C21H32FN3O.ClH/c22-17-6-4-16(5-7-17)14-25-11-8-18(9-12-25)24-20-3-1-2-19(20)21-15-26-13-10-23-21;/h4-7,18-21,23-24H,1-3,8-15H2;1H. The van der Waals surface area contributed by atoms with Gasteiger partial charge in [0.2, 0.25) is 0 Å². The summed E-state index contributed by atoms with van der Waals surface area (Å²) in [5.41, 5.74) is 1.21. The summed E-state index contributed by atoms with van der Waals surface area (Å²) in [4.78, 5) is 2.49. The summed E-state index contributed by atoms with van der Waals surface area (Å²) in [5.74, 6) is 0.563. The minimum absolute atomic E-state index is 0. The van der Waals surface area contributed by atoms with Gasteiger partial charge in [-0.3, -0.25) is 4.90 Å². The summed E-state index contributed by atoms with van der Waals surface area (Å²) in [6.45, 7) is 5.90. The van der Waals surface area contributed by atoms with Gasteiger partial charge in [0.05, 0.1) is 13.2 Å². The normalized spacial score (nSPS) is 30.2. The molecule has 2 saturated heterocycles. The van der Waals surface area contributed by atoms with Gasteiger partial charge in [0.25, 0.3) is 0 Å². The number of piperidine rings is 1. The number of morpholine rings is 1. The first-order valence-electron chi connectivity index (χ1n) is 10.3. The third-order valence-corrected chi connectivity index (χ3v) is 6.39. The highest BCUT2D eigenvalue weighted by atomic mass is 35.5. The predicted molar refractivity (Wildman–Crippen MR) is 109 cm³/mol. The van der Waals surface area contributed by atoms with Crippen molar-refractivity contribution in [3.05, 3.63) is 35.6 Å². The largest absolute Gasteiger partial charge is 0.379 e. The molecule has 1 aromatic rings. The van der Waals surface area contributed by atoms with Crippen LogP contribution < -0.4 is 10.6 Å². The van der Waals surface area contributed by atoms with Crippen molar-refractivity contribution in [1.82, 2.24) is 15.5 Å². The van der Waals surface area contributed by atoms with Crippen molar-refractivity contribution in [2.75, 3.05) is 32.8 Å². The van der Waals surface area contributed by atoms with Crippen LogP contribution >= 0.6 is 12.4 Å². The molecule has 0 bridgehead atoms. The van der Waals surface area contributed by atoms with Gasteiger partial charge in [-0.1, -0.05) is 18.6 Å². The zero-order chi connectivity index (χ0) is 17.8. The predicted octanol–water partition coefficient (Wildman–Crippen LogP) is 2.96. The fourth-order valence-corrected chi connectivity index (χ4v) is 4.95.